The van der Waals surface area contributed by atoms with E-state index in [2.05, 4.69) is 9.97 Å². The maximum Gasteiger partial charge on any atom is 0.261 e. The Morgan fingerprint density at radius 2 is 1.86 bits per heavy atom. The fourth-order valence-electron chi connectivity index (χ4n) is 2.84. The van der Waals surface area contributed by atoms with Gasteiger partial charge in [-0.15, -0.1) is 0 Å². The highest BCUT2D eigenvalue weighted by molar-refractivity contribution is 7.98. The lowest BCUT2D eigenvalue weighted by atomic mass is 10.2. The number of thioether (sulfide) groups is 1. The summed E-state index contributed by atoms with van der Waals surface area (Å²) < 4.78 is 32.9. The van der Waals surface area contributed by atoms with Crippen molar-refractivity contribution in [3.05, 3.63) is 58.6 Å². The van der Waals surface area contributed by atoms with Crippen LogP contribution in [0.15, 0.2) is 61.8 Å². The maximum atomic E-state index is 12.5. The molecular weight excluding hydrogens is 412 g/mol. The lowest BCUT2D eigenvalue weighted by Crippen LogP contribution is -2.22. The molecule has 8 nitrogen and oxygen atoms in total. The van der Waals surface area contributed by atoms with Crippen LogP contribution in [-0.2, 0) is 22.8 Å². The standard InChI is InChI=1S/C19H18N4O4S2/c1-22(2)29(25,26)12-8-9-16-15(10-12)21-19(27-16)28-11-17-20-14-7-5-4-6-13(14)18(24)23(17)3/h4-10H,11H2,1-3H3. The molecule has 4 rings (SSSR count). The monoisotopic (exact) mass is 430 g/mol. The molecule has 0 bridgehead atoms. The third kappa shape index (κ3) is 3.54. The van der Waals surface area contributed by atoms with Crippen LogP contribution in [0.25, 0.3) is 22.0 Å². The molecule has 0 N–H and O–H groups in total. The molecule has 0 aliphatic heterocycles. The van der Waals surface area contributed by atoms with E-state index in [1.54, 1.807) is 25.2 Å². The number of para-hydroxylation sites is 1. The Labute approximate surface area is 171 Å². The van der Waals surface area contributed by atoms with Crippen LogP contribution in [0.3, 0.4) is 0 Å². The van der Waals surface area contributed by atoms with E-state index in [0.717, 1.165) is 4.31 Å². The molecule has 0 saturated carbocycles. The SMILES string of the molecule is CN(C)S(=O)(=O)c1ccc2oc(SCc3nc4ccccc4c(=O)n3C)nc2c1. The number of sulfonamides is 1. The van der Waals surface area contributed by atoms with Gasteiger partial charge >= 0.3 is 0 Å². The molecule has 0 saturated heterocycles. The Kier molecular flexibility index (Phi) is 4.93. The summed E-state index contributed by atoms with van der Waals surface area (Å²) in [6, 6.07) is 11.8. The van der Waals surface area contributed by atoms with Crippen LogP contribution >= 0.6 is 11.8 Å². The Bertz CT molecular complexity index is 1390. The second kappa shape index (κ2) is 7.29. The van der Waals surface area contributed by atoms with E-state index in [1.807, 2.05) is 12.1 Å². The second-order valence-corrected chi connectivity index (χ2v) is 9.67. The van der Waals surface area contributed by atoms with Gasteiger partial charge in [0.2, 0.25) is 10.0 Å². The first kappa shape index (κ1) is 19.6. The van der Waals surface area contributed by atoms with Gasteiger partial charge in [0.25, 0.3) is 10.8 Å². The van der Waals surface area contributed by atoms with Crippen molar-refractivity contribution in [1.29, 1.82) is 0 Å². The van der Waals surface area contributed by atoms with Crippen LogP contribution in [0.5, 0.6) is 0 Å². The van der Waals surface area contributed by atoms with Gasteiger partial charge in [0.15, 0.2) is 5.58 Å². The Balaban J connectivity index is 1.63. The van der Waals surface area contributed by atoms with Gasteiger partial charge in [-0.25, -0.2) is 22.7 Å². The summed E-state index contributed by atoms with van der Waals surface area (Å²) in [6.45, 7) is 0. The number of hydrogen-bond acceptors (Lipinski definition) is 7. The van der Waals surface area contributed by atoms with Gasteiger partial charge in [-0.1, -0.05) is 23.9 Å². The third-order valence-electron chi connectivity index (χ3n) is 4.52. The molecule has 10 heteroatoms. The molecule has 0 unspecified atom stereocenters. The molecule has 0 aliphatic carbocycles. The highest BCUT2D eigenvalue weighted by Gasteiger charge is 2.19. The molecule has 150 valence electrons. The molecule has 0 radical (unpaired) electrons. The zero-order valence-electron chi connectivity index (χ0n) is 16.0. The zero-order chi connectivity index (χ0) is 20.8. The molecular formula is C19H18N4O4S2. The number of rotatable bonds is 5. The summed E-state index contributed by atoms with van der Waals surface area (Å²) >= 11 is 1.29. The molecule has 0 aliphatic rings. The number of benzene rings is 2. The van der Waals surface area contributed by atoms with Gasteiger partial charge in [0, 0.05) is 21.1 Å². The number of hydrogen-bond donors (Lipinski definition) is 0. The average Bonchev–Trinajstić information content (AvgIpc) is 3.11. The number of oxazole rings is 1. The Morgan fingerprint density at radius 1 is 1.10 bits per heavy atom. The second-order valence-electron chi connectivity index (χ2n) is 6.59. The lowest BCUT2D eigenvalue weighted by Gasteiger charge is -2.10. The summed E-state index contributed by atoms with van der Waals surface area (Å²) in [5.41, 5.74) is 1.48. The van der Waals surface area contributed by atoms with Gasteiger partial charge in [0.05, 0.1) is 21.6 Å². The van der Waals surface area contributed by atoms with Crippen LogP contribution in [0.4, 0.5) is 0 Å². The van der Waals surface area contributed by atoms with Gasteiger partial charge in [-0.2, -0.15) is 0 Å². The van der Waals surface area contributed by atoms with Gasteiger partial charge in [0.1, 0.15) is 11.3 Å². The largest absolute Gasteiger partial charge is 0.431 e. The van der Waals surface area contributed by atoms with Gasteiger partial charge < -0.3 is 4.42 Å². The maximum absolute atomic E-state index is 12.5. The van der Waals surface area contributed by atoms with Crippen molar-refractivity contribution in [2.75, 3.05) is 14.1 Å². The molecule has 0 amide bonds. The minimum atomic E-state index is -3.55. The summed E-state index contributed by atoms with van der Waals surface area (Å²) in [5.74, 6) is 0.975. The van der Waals surface area contributed by atoms with E-state index in [9.17, 15) is 13.2 Å². The smallest absolute Gasteiger partial charge is 0.261 e. The van der Waals surface area contributed by atoms with E-state index in [-0.39, 0.29) is 10.5 Å². The number of fused-ring (bicyclic) bond motifs is 2. The predicted octanol–water partition coefficient (Wildman–Crippen LogP) is 2.62. The minimum absolute atomic E-state index is 0.109. The summed E-state index contributed by atoms with van der Waals surface area (Å²) in [7, 11) is 1.09. The Hall–Kier alpha value is -2.69. The molecule has 2 heterocycles. The Morgan fingerprint density at radius 3 is 2.62 bits per heavy atom. The van der Waals surface area contributed by atoms with Crippen LogP contribution < -0.4 is 5.56 Å². The quantitative estimate of drug-likeness (QED) is 0.449. The fraction of sp³-hybridized carbons (Fsp3) is 0.211. The van der Waals surface area contributed by atoms with Crippen molar-refractivity contribution in [3.8, 4) is 0 Å². The van der Waals surface area contributed by atoms with Crippen molar-refractivity contribution in [2.45, 2.75) is 15.9 Å². The van der Waals surface area contributed by atoms with E-state index in [0.29, 0.717) is 38.8 Å². The average molecular weight is 431 g/mol. The summed E-state index contributed by atoms with van der Waals surface area (Å²) in [5, 5.41) is 0.946. The van der Waals surface area contributed by atoms with Crippen LogP contribution in [-0.4, -0.2) is 41.4 Å². The van der Waals surface area contributed by atoms with Crippen molar-refractivity contribution < 1.29 is 12.8 Å². The third-order valence-corrected chi connectivity index (χ3v) is 7.15. The molecule has 0 fully saturated rings. The molecule has 0 atom stereocenters. The summed E-state index contributed by atoms with van der Waals surface area (Å²) in [4.78, 5) is 21.6. The number of nitrogens with zero attached hydrogens (tertiary/aromatic N) is 4. The van der Waals surface area contributed by atoms with Crippen molar-refractivity contribution in [3.63, 3.8) is 0 Å². The normalized spacial score (nSPS) is 12.3. The molecule has 0 spiro atoms. The minimum Gasteiger partial charge on any atom is -0.431 e. The van der Waals surface area contributed by atoms with E-state index in [1.165, 1.54) is 42.6 Å². The van der Waals surface area contributed by atoms with Crippen LogP contribution in [0.1, 0.15) is 5.82 Å². The van der Waals surface area contributed by atoms with Crippen molar-refractivity contribution in [1.82, 2.24) is 18.8 Å². The predicted molar refractivity (Wildman–Crippen MR) is 111 cm³/mol. The van der Waals surface area contributed by atoms with Gasteiger partial charge in [-0.05, 0) is 30.3 Å². The summed E-state index contributed by atoms with van der Waals surface area (Å²) in [6.07, 6.45) is 0. The molecule has 2 aromatic carbocycles. The van der Waals surface area contributed by atoms with E-state index in [4.69, 9.17) is 4.42 Å². The topological polar surface area (TPSA) is 98.3 Å². The van der Waals surface area contributed by atoms with Crippen LogP contribution in [0, 0.1) is 0 Å². The lowest BCUT2D eigenvalue weighted by molar-refractivity contribution is 0.489. The van der Waals surface area contributed by atoms with Crippen molar-refractivity contribution >= 4 is 43.8 Å². The van der Waals surface area contributed by atoms with Crippen molar-refractivity contribution in [2.24, 2.45) is 7.05 Å². The number of aromatic nitrogens is 3. The zero-order valence-corrected chi connectivity index (χ0v) is 17.6. The molecule has 4 aromatic rings. The highest BCUT2D eigenvalue weighted by Crippen LogP contribution is 2.28. The van der Waals surface area contributed by atoms with E-state index < -0.39 is 10.0 Å². The van der Waals surface area contributed by atoms with Gasteiger partial charge in [-0.3, -0.25) is 9.36 Å². The highest BCUT2D eigenvalue weighted by atomic mass is 32.2. The fourth-order valence-corrected chi connectivity index (χ4v) is 4.58. The first-order chi connectivity index (χ1) is 13.8. The first-order valence-corrected chi connectivity index (χ1v) is 11.1. The molecule has 29 heavy (non-hydrogen) atoms. The first-order valence-electron chi connectivity index (χ1n) is 8.68. The molecule has 2 aromatic heterocycles. The van der Waals surface area contributed by atoms with E-state index >= 15 is 0 Å². The van der Waals surface area contributed by atoms with Crippen LogP contribution in [0.2, 0.25) is 0 Å².